The van der Waals surface area contributed by atoms with Crippen molar-refractivity contribution in [3.05, 3.63) is 44.1 Å². The molecule has 25 heavy (non-hydrogen) atoms. The van der Waals surface area contributed by atoms with E-state index in [1.54, 1.807) is 22.7 Å². The third-order valence-electron chi connectivity index (χ3n) is 4.78. The summed E-state index contributed by atoms with van der Waals surface area (Å²) in [6, 6.07) is 1.97. The maximum atomic E-state index is 12.9. The van der Waals surface area contributed by atoms with Gasteiger partial charge in [0.2, 0.25) is 11.8 Å². The van der Waals surface area contributed by atoms with Crippen LogP contribution in [0.3, 0.4) is 0 Å². The number of likely N-dealkylation sites (tertiary alicyclic amines) is 1. The maximum Gasteiger partial charge on any atom is 0.254 e. The zero-order chi connectivity index (χ0) is 17.4. The fraction of sp³-hybridized carbons (Fsp3) is 0.389. The molecule has 0 spiro atoms. The van der Waals surface area contributed by atoms with Gasteiger partial charge in [-0.15, -0.1) is 21.5 Å². The number of thiophene rings is 2. The van der Waals surface area contributed by atoms with E-state index < -0.39 is 0 Å². The highest BCUT2D eigenvalue weighted by molar-refractivity contribution is 7.10. The number of nitrogens with zero attached hydrogens (tertiary/aromatic N) is 3. The van der Waals surface area contributed by atoms with Gasteiger partial charge in [-0.05, 0) is 43.7 Å². The van der Waals surface area contributed by atoms with E-state index in [4.69, 9.17) is 4.42 Å². The maximum absolute atomic E-state index is 12.9. The number of carbonyl (C=O) groups excluding carboxylic acids is 1. The lowest BCUT2D eigenvalue weighted by atomic mass is 9.97. The predicted molar refractivity (Wildman–Crippen MR) is 99.3 cm³/mol. The van der Waals surface area contributed by atoms with Crippen LogP contribution in [0.2, 0.25) is 0 Å². The standard InChI is InChI=1S/C18H19N3O2S2/c1-11-12(2)25-10-15(11)18(22)21-6-3-4-13(8-21)16-19-20-17(23-16)14-5-7-24-9-14/h5,7,9-10,13H,3-4,6,8H2,1-2H3. The Bertz CT molecular complexity index is 882. The number of amides is 1. The molecule has 4 rings (SSSR count). The lowest BCUT2D eigenvalue weighted by molar-refractivity contribution is 0.0698. The lowest BCUT2D eigenvalue weighted by Gasteiger charge is -2.31. The van der Waals surface area contributed by atoms with Gasteiger partial charge in [0.1, 0.15) is 0 Å². The predicted octanol–water partition coefficient (Wildman–Crippen LogP) is 4.50. The summed E-state index contributed by atoms with van der Waals surface area (Å²) in [6.45, 7) is 5.50. The molecule has 0 bridgehead atoms. The average molecular weight is 374 g/mol. The number of carbonyl (C=O) groups is 1. The summed E-state index contributed by atoms with van der Waals surface area (Å²) in [4.78, 5) is 16.0. The molecular formula is C18H19N3O2S2. The van der Waals surface area contributed by atoms with Gasteiger partial charge in [-0.2, -0.15) is 11.3 Å². The molecule has 3 aromatic rings. The van der Waals surface area contributed by atoms with Crippen molar-refractivity contribution >= 4 is 28.6 Å². The Hall–Kier alpha value is -1.99. The summed E-state index contributed by atoms with van der Waals surface area (Å²) in [5.74, 6) is 1.42. The van der Waals surface area contributed by atoms with Crippen molar-refractivity contribution in [1.29, 1.82) is 0 Å². The number of aryl methyl sites for hydroxylation is 1. The molecule has 130 valence electrons. The van der Waals surface area contributed by atoms with Gasteiger partial charge in [-0.1, -0.05) is 0 Å². The van der Waals surface area contributed by atoms with Crippen LogP contribution in [0, 0.1) is 13.8 Å². The minimum atomic E-state index is 0.109. The van der Waals surface area contributed by atoms with Crippen LogP contribution in [0.25, 0.3) is 11.5 Å². The molecule has 3 aromatic heterocycles. The van der Waals surface area contributed by atoms with Crippen LogP contribution in [0.15, 0.2) is 26.6 Å². The van der Waals surface area contributed by atoms with Crippen molar-refractivity contribution in [1.82, 2.24) is 15.1 Å². The van der Waals surface area contributed by atoms with Crippen molar-refractivity contribution < 1.29 is 9.21 Å². The molecule has 1 unspecified atom stereocenters. The van der Waals surface area contributed by atoms with Crippen LogP contribution in [0.4, 0.5) is 0 Å². The van der Waals surface area contributed by atoms with E-state index in [9.17, 15) is 4.79 Å². The molecule has 1 fully saturated rings. The van der Waals surface area contributed by atoms with Gasteiger partial charge < -0.3 is 9.32 Å². The smallest absolute Gasteiger partial charge is 0.254 e. The van der Waals surface area contributed by atoms with E-state index in [2.05, 4.69) is 17.1 Å². The normalized spacial score (nSPS) is 17.8. The zero-order valence-electron chi connectivity index (χ0n) is 14.2. The number of piperidine rings is 1. The minimum absolute atomic E-state index is 0.109. The summed E-state index contributed by atoms with van der Waals surface area (Å²) >= 11 is 3.24. The second-order valence-corrected chi connectivity index (χ2v) is 8.24. The lowest BCUT2D eigenvalue weighted by Crippen LogP contribution is -2.39. The first-order valence-electron chi connectivity index (χ1n) is 8.33. The Morgan fingerprint density at radius 3 is 2.92 bits per heavy atom. The van der Waals surface area contributed by atoms with Crippen molar-refractivity contribution in [3.8, 4) is 11.5 Å². The van der Waals surface area contributed by atoms with E-state index in [-0.39, 0.29) is 11.8 Å². The van der Waals surface area contributed by atoms with Gasteiger partial charge in [0, 0.05) is 34.3 Å². The van der Waals surface area contributed by atoms with Gasteiger partial charge in [0.05, 0.1) is 11.5 Å². The molecule has 0 aromatic carbocycles. The molecule has 0 saturated carbocycles. The van der Waals surface area contributed by atoms with Crippen LogP contribution >= 0.6 is 22.7 Å². The second kappa shape index (κ2) is 6.72. The Morgan fingerprint density at radius 1 is 1.32 bits per heavy atom. The first kappa shape index (κ1) is 16.5. The van der Waals surface area contributed by atoms with Gasteiger partial charge in [0.15, 0.2) is 0 Å². The summed E-state index contributed by atoms with van der Waals surface area (Å²) in [6.07, 6.45) is 1.92. The minimum Gasteiger partial charge on any atom is -0.420 e. The second-order valence-electron chi connectivity index (χ2n) is 6.38. The van der Waals surface area contributed by atoms with Crippen molar-refractivity contribution in [2.45, 2.75) is 32.6 Å². The molecule has 5 nitrogen and oxygen atoms in total. The number of hydrogen-bond acceptors (Lipinski definition) is 6. The van der Waals surface area contributed by atoms with Gasteiger partial charge >= 0.3 is 0 Å². The van der Waals surface area contributed by atoms with Crippen molar-refractivity contribution in [3.63, 3.8) is 0 Å². The zero-order valence-corrected chi connectivity index (χ0v) is 15.8. The van der Waals surface area contributed by atoms with E-state index in [0.29, 0.717) is 18.3 Å². The Kier molecular flexibility index (Phi) is 4.43. The van der Waals surface area contributed by atoms with Crippen LogP contribution in [-0.2, 0) is 0 Å². The van der Waals surface area contributed by atoms with Gasteiger partial charge in [0.25, 0.3) is 5.91 Å². The monoisotopic (exact) mass is 373 g/mol. The molecule has 0 aliphatic carbocycles. The molecular weight excluding hydrogens is 354 g/mol. The van der Waals surface area contributed by atoms with Crippen molar-refractivity contribution in [2.24, 2.45) is 0 Å². The van der Waals surface area contributed by atoms with E-state index in [1.165, 1.54) is 4.88 Å². The van der Waals surface area contributed by atoms with E-state index >= 15 is 0 Å². The SMILES string of the molecule is Cc1scc(C(=O)N2CCCC(c3nnc(-c4ccsc4)o3)C2)c1C. The first-order chi connectivity index (χ1) is 12.1. The molecule has 4 heterocycles. The molecule has 1 amide bonds. The van der Waals surface area contributed by atoms with E-state index in [1.807, 2.05) is 34.0 Å². The summed E-state index contributed by atoms with van der Waals surface area (Å²) in [5.41, 5.74) is 2.87. The van der Waals surface area contributed by atoms with Crippen molar-refractivity contribution in [2.75, 3.05) is 13.1 Å². The summed E-state index contributed by atoms with van der Waals surface area (Å²) in [5, 5.41) is 14.4. The molecule has 1 atom stereocenters. The van der Waals surface area contributed by atoms with Crippen LogP contribution in [0.5, 0.6) is 0 Å². The third kappa shape index (κ3) is 3.14. The fourth-order valence-electron chi connectivity index (χ4n) is 3.16. The molecule has 0 radical (unpaired) electrons. The largest absolute Gasteiger partial charge is 0.420 e. The Balaban J connectivity index is 1.51. The first-order valence-corrected chi connectivity index (χ1v) is 10.2. The highest BCUT2D eigenvalue weighted by Gasteiger charge is 2.30. The number of rotatable bonds is 3. The third-order valence-corrected chi connectivity index (χ3v) is 6.48. The molecule has 1 aliphatic rings. The summed E-state index contributed by atoms with van der Waals surface area (Å²) < 4.78 is 5.88. The highest BCUT2D eigenvalue weighted by atomic mass is 32.1. The molecule has 1 saturated heterocycles. The molecule has 7 heteroatoms. The van der Waals surface area contributed by atoms with Gasteiger partial charge in [-0.3, -0.25) is 4.79 Å². The quantitative estimate of drug-likeness (QED) is 0.678. The molecule has 1 aliphatic heterocycles. The van der Waals surface area contributed by atoms with E-state index in [0.717, 1.165) is 36.1 Å². The highest BCUT2D eigenvalue weighted by Crippen LogP contribution is 2.31. The van der Waals surface area contributed by atoms with Crippen LogP contribution in [0.1, 0.15) is 45.4 Å². The fourth-order valence-corrected chi connectivity index (χ4v) is 4.65. The van der Waals surface area contributed by atoms with Crippen LogP contribution < -0.4 is 0 Å². The number of hydrogen-bond donors (Lipinski definition) is 0. The average Bonchev–Trinajstić information content (AvgIpc) is 3.37. The number of aromatic nitrogens is 2. The molecule has 0 N–H and O–H groups in total. The van der Waals surface area contributed by atoms with Crippen LogP contribution in [-0.4, -0.2) is 34.1 Å². The van der Waals surface area contributed by atoms with Gasteiger partial charge in [-0.25, -0.2) is 0 Å². The Labute approximate surface area is 154 Å². The summed E-state index contributed by atoms with van der Waals surface area (Å²) in [7, 11) is 0. The topological polar surface area (TPSA) is 59.2 Å². The Morgan fingerprint density at radius 2 is 2.20 bits per heavy atom.